The molecule has 0 saturated carbocycles. The Morgan fingerprint density at radius 3 is 2.56 bits per heavy atom. The highest BCUT2D eigenvalue weighted by Gasteiger charge is 2.06. The van der Waals surface area contributed by atoms with Gasteiger partial charge in [-0.05, 0) is 19.1 Å². The Balaban J connectivity index is 0.00000225. The van der Waals surface area contributed by atoms with Gasteiger partial charge in [-0.1, -0.05) is 18.2 Å². The van der Waals surface area contributed by atoms with E-state index in [1.807, 2.05) is 18.2 Å². The van der Waals surface area contributed by atoms with E-state index in [1.165, 1.54) is 0 Å². The number of hydrogen-bond acceptors (Lipinski definition) is 3. The van der Waals surface area contributed by atoms with Crippen LogP contribution in [-0.2, 0) is 9.53 Å². The summed E-state index contributed by atoms with van der Waals surface area (Å²) in [4.78, 5) is 11.4. The fourth-order valence-corrected chi connectivity index (χ4v) is 1.10. The lowest BCUT2D eigenvalue weighted by molar-refractivity contribution is -0.115. The molecule has 1 rings (SSSR count). The number of benzene rings is 1. The number of carbonyl (C=O) groups excluding carboxylic acids is 1. The summed E-state index contributed by atoms with van der Waals surface area (Å²) in [7, 11) is 0. The molecule has 0 fully saturated rings. The van der Waals surface area contributed by atoms with E-state index in [4.69, 9.17) is 10.1 Å². The third-order valence-corrected chi connectivity index (χ3v) is 1.70. The number of halogens is 1. The van der Waals surface area contributed by atoms with E-state index in [9.17, 15) is 4.79 Å². The van der Waals surface area contributed by atoms with Gasteiger partial charge in [-0.2, -0.15) is 0 Å². The van der Waals surface area contributed by atoms with Crippen molar-refractivity contribution in [2.24, 2.45) is 0 Å². The second-order valence-corrected chi connectivity index (χ2v) is 2.95. The first-order valence-corrected chi connectivity index (χ1v) is 4.77. The predicted octanol–water partition coefficient (Wildman–Crippen LogP) is 2.45. The highest BCUT2D eigenvalue weighted by molar-refractivity contribution is 6.02. The average Bonchev–Trinajstić information content (AvgIpc) is 2.19. The van der Waals surface area contributed by atoms with Gasteiger partial charge < -0.3 is 10.1 Å². The predicted molar refractivity (Wildman–Crippen MR) is 66.3 cm³/mol. The largest absolute Gasteiger partial charge is 0.481 e. The standard InChI is InChI=1S/C11H14N2O2.ClH/c1-2-15-10(12)8-11(14)13-9-6-4-3-5-7-9;/h3-7,12H,2,8H2,1H3,(H,13,14);1H. The summed E-state index contributed by atoms with van der Waals surface area (Å²) in [6.45, 7) is 2.20. The van der Waals surface area contributed by atoms with Crippen LogP contribution in [0, 0.1) is 5.41 Å². The van der Waals surface area contributed by atoms with Crippen molar-refractivity contribution in [2.75, 3.05) is 11.9 Å². The molecule has 0 heterocycles. The van der Waals surface area contributed by atoms with Crippen molar-refractivity contribution >= 4 is 29.9 Å². The maximum atomic E-state index is 11.4. The van der Waals surface area contributed by atoms with Crippen LogP contribution in [0.15, 0.2) is 30.3 Å². The van der Waals surface area contributed by atoms with Crippen molar-refractivity contribution in [3.8, 4) is 0 Å². The number of para-hydroxylation sites is 1. The van der Waals surface area contributed by atoms with Gasteiger partial charge in [0.2, 0.25) is 5.91 Å². The molecule has 0 atom stereocenters. The van der Waals surface area contributed by atoms with Gasteiger partial charge in [-0.15, -0.1) is 12.4 Å². The molecule has 1 aromatic carbocycles. The minimum atomic E-state index is -0.236. The molecule has 1 aromatic rings. The van der Waals surface area contributed by atoms with Gasteiger partial charge in [-0.25, -0.2) is 0 Å². The maximum absolute atomic E-state index is 11.4. The summed E-state index contributed by atoms with van der Waals surface area (Å²) < 4.78 is 4.87. The highest BCUT2D eigenvalue weighted by Crippen LogP contribution is 2.05. The van der Waals surface area contributed by atoms with Gasteiger partial charge in [0, 0.05) is 5.69 Å². The molecule has 0 bridgehead atoms. The van der Waals surface area contributed by atoms with Crippen LogP contribution in [0.3, 0.4) is 0 Å². The fourth-order valence-electron chi connectivity index (χ4n) is 1.10. The summed E-state index contributed by atoms with van der Waals surface area (Å²) in [6.07, 6.45) is -0.0251. The smallest absolute Gasteiger partial charge is 0.233 e. The maximum Gasteiger partial charge on any atom is 0.233 e. The molecule has 2 N–H and O–H groups in total. The van der Waals surface area contributed by atoms with Gasteiger partial charge in [0.15, 0.2) is 5.90 Å². The molecule has 16 heavy (non-hydrogen) atoms. The first-order valence-electron chi connectivity index (χ1n) is 4.77. The minimum Gasteiger partial charge on any atom is -0.481 e. The minimum absolute atomic E-state index is 0. The average molecular weight is 243 g/mol. The Labute approximate surface area is 101 Å². The van der Waals surface area contributed by atoms with Crippen molar-refractivity contribution in [3.05, 3.63) is 30.3 Å². The number of nitrogens with one attached hydrogen (secondary N) is 2. The molecule has 0 aromatic heterocycles. The molecule has 0 spiro atoms. The van der Waals surface area contributed by atoms with E-state index >= 15 is 0 Å². The Hall–Kier alpha value is -1.55. The third kappa shape index (κ3) is 5.36. The summed E-state index contributed by atoms with van der Waals surface area (Å²) in [5.74, 6) is -0.245. The second kappa shape index (κ2) is 7.70. The van der Waals surface area contributed by atoms with E-state index in [0.29, 0.717) is 6.61 Å². The van der Waals surface area contributed by atoms with Crippen LogP contribution in [0.1, 0.15) is 13.3 Å². The summed E-state index contributed by atoms with van der Waals surface area (Å²) in [5.41, 5.74) is 0.729. The zero-order valence-electron chi connectivity index (χ0n) is 9.03. The van der Waals surface area contributed by atoms with E-state index in [1.54, 1.807) is 19.1 Å². The molecule has 88 valence electrons. The van der Waals surface area contributed by atoms with Crippen molar-refractivity contribution < 1.29 is 9.53 Å². The van der Waals surface area contributed by atoms with Gasteiger partial charge in [-0.3, -0.25) is 10.2 Å². The fraction of sp³-hybridized carbons (Fsp3) is 0.273. The van der Waals surface area contributed by atoms with Gasteiger partial charge in [0.25, 0.3) is 0 Å². The van der Waals surface area contributed by atoms with Crippen LogP contribution in [0.2, 0.25) is 0 Å². The normalized spacial score (nSPS) is 8.81. The number of carbonyl (C=O) groups is 1. The first-order chi connectivity index (χ1) is 7.22. The van der Waals surface area contributed by atoms with Gasteiger partial charge in [0.1, 0.15) is 6.42 Å². The topological polar surface area (TPSA) is 62.2 Å². The van der Waals surface area contributed by atoms with E-state index < -0.39 is 0 Å². The van der Waals surface area contributed by atoms with Crippen LogP contribution in [-0.4, -0.2) is 18.4 Å². The van der Waals surface area contributed by atoms with Crippen LogP contribution in [0.5, 0.6) is 0 Å². The Bertz CT molecular complexity index is 341. The lowest BCUT2D eigenvalue weighted by atomic mass is 10.3. The lowest BCUT2D eigenvalue weighted by Gasteiger charge is -2.06. The zero-order chi connectivity index (χ0) is 11.1. The van der Waals surface area contributed by atoms with Crippen LogP contribution in [0.25, 0.3) is 0 Å². The summed E-state index contributed by atoms with van der Waals surface area (Å²) in [6, 6.07) is 9.13. The van der Waals surface area contributed by atoms with E-state index in [0.717, 1.165) is 5.69 Å². The molecular formula is C11H15ClN2O2. The Morgan fingerprint density at radius 1 is 1.38 bits per heavy atom. The lowest BCUT2D eigenvalue weighted by Crippen LogP contribution is -2.17. The molecule has 4 nitrogen and oxygen atoms in total. The van der Waals surface area contributed by atoms with Crippen LogP contribution >= 0.6 is 12.4 Å². The number of ether oxygens (including phenoxy) is 1. The molecule has 1 amide bonds. The zero-order valence-corrected chi connectivity index (χ0v) is 9.84. The monoisotopic (exact) mass is 242 g/mol. The summed E-state index contributed by atoms with van der Waals surface area (Å²) in [5, 5.41) is 9.97. The second-order valence-electron chi connectivity index (χ2n) is 2.95. The van der Waals surface area contributed by atoms with Gasteiger partial charge in [0.05, 0.1) is 6.61 Å². The number of rotatable bonds is 4. The van der Waals surface area contributed by atoms with Crippen molar-refractivity contribution in [2.45, 2.75) is 13.3 Å². The Kier molecular flexibility index (Phi) is 6.96. The molecular weight excluding hydrogens is 228 g/mol. The van der Waals surface area contributed by atoms with Crippen molar-refractivity contribution in [1.29, 1.82) is 5.41 Å². The van der Waals surface area contributed by atoms with Crippen LogP contribution in [0.4, 0.5) is 5.69 Å². The molecule has 0 saturated heterocycles. The molecule has 5 heteroatoms. The van der Waals surface area contributed by atoms with E-state index in [-0.39, 0.29) is 30.6 Å². The number of hydrogen-bond donors (Lipinski definition) is 2. The third-order valence-electron chi connectivity index (χ3n) is 1.70. The molecule has 0 unspecified atom stereocenters. The quantitative estimate of drug-likeness (QED) is 0.629. The van der Waals surface area contributed by atoms with Crippen molar-refractivity contribution in [3.63, 3.8) is 0 Å². The van der Waals surface area contributed by atoms with Gasteiger partial charge >= 0.3 is 0 Å². The summed E-state index contributed by atoms with van der Waals surface area (Å²) >= 11 is 0. The molecule has 0 aliphatic carbocycles. The molecule has 0 aliphatic rings. The Morgan fingerprint density at radius 2 is 2.00 bits per heavy atom. The van der Waals surface area contributed by atoms with Crippen LogP contribution < -0.4 is 5.32 Å². The van der Waals surface area contributed by atoms with Crippen molar-refractivity contribution in [1.82, 2.24) is 0 Å². The highest BCUT2D eigenvalue weighted by atomic mass is 35.5. The number of amides is 1. The SMILES string of the molecule is CCOC(=N)CC(=O)Nc1ccccc1.Cl. The molecule has 0 aliphatic heterocycles. The molecule has 0 radical (unpaired) electrons. The van der Waals surface area contributed by atoms with E-state index in [2.05, 4.69) is 5.32 Å². The number of anilines is 1. The first kappa shape index (κ1) is 14.5.